The van der Waals surface area contributed by atoms with Gasteiger partial charge in [-0.1, -0.05) is 164 Å². The number of pyridine rings is 2. The molecule has 12 aromatic rings. The average molecular weight is 739 g/mol. The van der Waals surface area contributed by atoms with Crippen molar-refractivity contribution >= 4 is 60.2 Å². The van der Waals surface area contributed by atoms with Gasteiger partial charge in [-0.2, -0.15) is 0 Å². The van der Waals surface area contributed by atoms with Crippen molar-refractivity contribution in [3.8, 4) is 50.5 Å². The molecule has 0 atom stereocenters. The summed E-state index contributed by atoms with van der Waals surface area (Å²) < 4.78 is 4.77. The first-order valence-electron chi connectivity index (χ1n) is 19.7. The minimum Gasteiger partial charge on any atom is -0.292 e. The molecule has 0 fully saturated rings. The standard InChI is InChI=1S/C54H34N4/c1-3-15-35(16-4-1)37-19-13-21-39(31-37)41-33-48(40-22-14-20-38(32-40)36-17-5-2-6-18-36)55-51(34-41)57-49-27-11-9-24-43(49)45-30-29-44-42-23-7-8-25-46(42)54-56-47-26-10-12-28-50(47)58(54)53(44)52(45)57/h1-34H. The van der Waals surface area contributed by atoms with Crippen LogP contribution < -0.4 is 0 Å². The van der Waals surface area contributed by atoms with Crippen molar-refractivity contribution < 1.29 is 0 Å². The van der Waals surface area contributed by atoms with Gasteiger partial charge in [-0.3, -0.25) is 8.97 Å². The molecule has 0 amide bonds. The van der Waals surface area contributed by atoms with Gasteiger partial charge in [0.05, 0.1) is 33.3 Å². The van der Waals surface area contributed by atoms with Crippen LogP contribution in [0.2, 0.25) is 0 Å². The number of hydrogen-bond acceptors (Lipinski definition) is 2. The molecule has 0 saturated carbocycles. The zero-order valence-electron chi connectivity index (χ0n) is 31.4. The Hall–Kier alpha value is -7.82. The summed E-state index contributed by atoms with van der Waals surface area (Å²) in [4.78, 5) is 10.9. The molecule has 0 spiro atoms. The van der Waals surface area contributed by atoms with Gasteiger partial charge >= 0.3 is 0 Å². The van der Waals surface area contributed by atoms with Gasteiger partial charge in [0.15, 0.2) is 0 Å². The van der Waals surface area contributed by atoms with Crippen molar-refractivity contribution in [2.75, 3.05) is 0 Å². The number of imidazole rings is 1. The highest BCUT2D eigenvalue weighted by atomic mass is 15.1. The number of benzene rings is 8. The number of para-hydroxylation sites is 3. The lowest BCUT2D eigenvalue weighted by Crippen LogP contribution is -2.02. The first-order chi connectivity index (χ1) is 28.8. The molecule has 4 nitrogen and oxygen atoms in total. The Kier molecular flexibility index (Phi) is 7.20. The second-order valence-electron chi connectivity index (χ2n) is 15.0. The molecular weight excluding hydrogens is 705 g/mol. The molecule has 12 rings (SSSR count). The molecule has 0 unspecified atom stereocenters. The van der Waals surface area contributed by atoms with E-state index in [0.717, 1.165) is 72.4 Å². The van der Waals surface area contributed by atoms with Crippen LogP contribution in [0.1, 0.15) is 0 Å². The minimum atomic E-state index is 0.854. The van der Waals surface area contributed by atoms with E-state index in [4.69, 9.17) is 9.97 Å². The lowest BCUT2D eigenvalue weighted by molar-refractivity contribution is 1.08. The number of nitrogens with zero attached hydrogens (tertiary/aromatic N) is 4. The van der Waals surface area contributed by atoms with Crippen LogP contribution in [-0.4, -0.2) is 18.9 Å². The molecular formula is C54H34N4. The predicted octanol–water partition coefficient (Wildman–Crippen LogP) is 14.0. The molecule has 0 aliphatic heterocycles. The van der Waals surface area contributed by atoms with Gasteiger partial charge in [0, 0.05) is 27.1 Å². The van der Waals surface area contributed by atoms with Crippen LogP contribution in [0.3, 0.4) is 0 Å². The zero-order valence-corrected chi connectivity index (χ0v) is 31.4. The molecule has 0 saturated heterocycles. The van der Waals surface area contributed by atoms with E-state index in [1.807, 2.05) is 0 Å². The van der Waals surface area contributed by atoms with Gasteiger partial charge < -0.3 is 0 Å². The Labute approximate surface area is 334 Å². The summed E-state index contributed by atoms with van der Waals surface area (Å²) >= 11 is 0. The van der Waals surface area contributed by atoms with Crippen molar-refractivity contribution in [3.05, 3.63) is 206 Å². The van der Waals surface area contributed by atoms with Crippen molar-refractivity contribution in [2.45, 2.75) is 0 Å². The number of hydrogen-bond donors (Lipinski definition) is 0. The van der Waals surface area contributed by atoms with Gasteiger partial charge in [-0.15, -0.1) is 0 Å². The van der Waals surface area contributed by atoms with E-state index in [-0.39, 0.29) is 0 Å². The van der Waals surface area contributed by atoms with Crippen LogP contribution in [0.25, 0.3) is 111 Å². The summed E-state index contributed by atoms with van der Waals surface area (Å²) in [5.41, 5.74) is 15.2. The first-order valence-corrected chi connectivity index (χ1v) is 19.7. The van der Waals surface area contributed by atoms with Gasteiger partial charge in [0.2, 0.25) is 0 Å². The highest BCUT2D eigenvalue weighted by molar-refractivity contribution is 6.24. The van der Waals surface area contributed by atoms with Crippen LogP contribution in [0.4, 0.5) is 0 Å². The van der Waals surface area contributed by atoms with E-state index in [2.05, 4.69) is 215 Å². The van der Waals surface area contributed by atoms with E-state index < -0.39 is 0 Å². The Balaban J connectivity index is 1.21. The summed E-state index contributed by atoms with van der Waals surface area (Å²) in [5, 5.41) is 5.83. The summed E-state index contributed by atoms with van der Waals surface area (Å²) in [6.07, 6.45) is 0. The third kappa shape index (κ3) is 5.02. The molecule has 0 aliphatic rings. The Morgan fingerprint density at radius 3 is 1.57 bits per heavy atom. The molecule has 4 heterocycles. The lowest BCUT2D eigenvalue weighted by Gasteiger charge is -2.16. The molecule has 0 radical (unpaired) electrons. The summed E-state index contributed by atoms with van der Waals surface area (Å²) in [5.74, 6) is 0.854. The summed E-state index contributed by atoms with van der Waals surface area (Å²) in [7, 11) is 0. The second-order valence-corrected chi connectivity index (χ2v) is 15.0. The van der Waals surface area contributed by atoms with Crippen molar-refractivity contribution in [3.63, 3.8) is 0 Å². The third-order valence-electron chi connectivity index (χ3n) is 11.7. The second kappa shape index (κ2) is 12.9. The molecule has 0 aliphatic carbocycles. The normalized spacial score (nSPS) is 11.8. The van der Waals surface area contributed by atoms with Gasteiger partial charge in [-0.05, 0) is 81.2 Å². The highest BCUT2D eigenvalue weighted by Gasteiger charge is 2.22. The fourth-order valence-electron chi connectivity index (χ4n) is 9.01. The topological polar surface area (TPSA) is 35.1 Å². The molecule has 4 heteroatoms. The maximum absolute atomic E-state index is 5.62. The van der Waals surface area contributed by atoms with Gasteiger partial charge in [0.25, 0.3) is 0 Å². The van der Waals surface area contributed by atoms with Gasteiger partial charge in [-0.25, -0.2) is 9.97 Å². The highest BCUT2D eigenvalue weighted by Crippen LogP contribution is 2.42. The van der Waals surface area contributed by atoms with Crippen LogP contribution in [0, 0.1) is 0 Å². The van der Waals surface area contributed by atoms with E-state index in [9.17, 15) is 0 Å². The van der Waals surface area contributed by atoms with Crippen LogP contribution in [0.15, 0.2) is 206 Å². The number of fused-ring (bicyclic) bond motifs is 12. The molecule has 0 bridgehead atoms. The Morgan fingerprint density at radius 1 is 0.310 bits per heavy atom. The largest absolute Gasteiger partial charge is 0.292 e. The summed E-state index contributed by atoms with van der Waals surface area (Å²) in [6, 6.07) is 73.8. The van der Waals surface area contributed by atoms with Crippen LogP contribution in [-0.2, 0) is 0 Å². The summed E-state index contributed by atoms with van der Waals surface area (Å²) in [6.45, 7) is 0. The quantitative estimate of drug-likeness (QED) is 0.165. The van der Waals surface area contributed by atoms with Crippen molar-refractivity contribution in [1.82, 2.24) is 18.9 Å². The Morgan fingerprint density at radius 2 is 0.845 bits per heavy atom. The zero-order chi connectivity index (χ0) is 38.2. The van der Waals surface area contributed by atoms with E-state index in [1.54, 1.807) is 0 Å². The SMILES string of the molecule is c1ccc(-c2cccc(-c3cc(-c4cccc(-c5ccccc5)c4)nc(-n4c5ccccc5c5ccc6c7ccccc7c7nc8ccccc8n7c6c54)c3)c2)cc1. The predicted molar refractivity (Wildman–Crippen MR) is 242 cm³/mol. The minimum absolute atomic E-state index is 0.854. The van der Waals surface area contributed by atoms with Crippen molar-refractivity contribution in [2.24, 2.45) is 0 Å². The molecule has 4 aromatic heterocycles. The monoisotopic (exact) mass is 738 g/mol. The third-order valence-corrected chi connectivity index (χ3v) is 11.7. The first kappa shape index (κ1) is 32.4. The van der Waals surface area contributed by atoms with E-state index >= 15 is 0 Å². The average Bonchev–Trinajstić information content (AvgIpc) is 3.86. The maximum Gasteiger partial charge on any atom is 0.146 e. The molecule has 270 valence electrons. The number of rotatable bonds is 5. The fourth-order valence-corrected chi connectivity index (χ4v) is 9.01. The van der Waals surface area contributed by atoms with E-state index in [1.165, 1.54) is 38.2 Å². The molecule has 0 N–H and O–H groups in total. The van der Waals surface area contributed by atoms with Crippen LogP contribution in [0.5, 0.6) is 0 Å². The maximum atomic E-state index is 5.62. The Bertz CT molecular complexity index is 3460. The van der Waals surface area contributed by atoms with Gasteiger partial charge in [0.1, 0.15) is 11.5 Å². The molecule has 58 heavy (non-hydrogen) atoms. The van der Waals surface area contributed by atoms with E-state index in [0.29, 0.717) is 0 Å². The van der Waals surface area contributed by atoms with Crippen molar-refractivity contribution in [1.29, 1.82) is 0 Å². The lowest BCUT2D eigenvalue weighted by atomic mass is 9.97. The van der Waals surface area contributed by atoms with Crippen LogP contribution >= 0.6 is 0 Å². The number of aromatic nitrogens is 4. The smallest absolute Gasteiger partial charge is 0.146 e. The molecule has 8 aromatic carbocycles. The fraction of sp³-hybridized carbons (Fsp3) is 0.